The highest BCUT2D eigenvalue weighted by Crippen LogP contribution is 2.35. The fraction of sp³-hybridized carbons (Fsp3) is 0.410. The molecule has 2 N–H and O–H groups in total. The van der Waals surface area contributed by atoms with Gasteiger partial charge >= 0.3 is 0 Å². The number of rotatable bonds is 13. The third kappa shape index (κ3) is 8.74. The molecule has 0 saturated carbocycles. The molecule has 0 amide bonds. The van der Waals surface area contributed by atoms with E-state index in [2.05, 4.69) is 40.1 Å². The number of allylic oxidation sites excluding steroid dienone is 4. The Balaban J connectivity index is 1.46. The van der Waals surface area contributed by atoms with Crippen LogP contribution in [0.15, 0.2) is 89.0 Å². The number of ether oxygens (including phenoxy) is 1. The highest BCUT2D eigenvalue weighted by molar-refractivity contribution is 6.02. The lowest BCUT2D eigenvalue weighted by atomic mass is 9.98. The molecule has 7 nitrogen and oxygen atoms in total. The van der Waals surface area contributed by atoms with Crippen LogP contribution in [0.25, 0.3) is 22.0 Å². The molecule has 2 fully saturated rings. The zero-order valence-electron chi connectivity index (χ0n) is 28.2. The van der Waals surface area contributed by atoms with Crippen LogP contribution in [0.3, 0.4) is 0 Å². The van der Waals surface area contributed by atoms with Crippen LogP contribution in [0.1, 0.15) is 76.8 Å². The van der Waals surface area contributed by atoms with Gasteiger partial charge in [-0.05, 0) is 80.2 Å². The molecule has 0 spiro atoms. The van der Waals surface area contributed by atoms with Crippen LogP contribution in [0.4, 0.5) is 4.39 Å². The number of hydrogen-bond acceptors (Lipinski definition) is 6. The van der Waals surface area contributed by atoms with Crippen molar-refractivity contribution in [1.29, 1.82) is 0 Å². The van der Waals surface area contributed by atoms with E-state index >= 15 is 4.39 Å². The van der Waals surface area contributed by atoms with Crippen LogP contribution in [-0.2, 0) is 4.74 Å². The Morgan fingerprint density at radius 3 is 2.64 bits per heavy atom. The summed E-state index contributed by atoms with van der Waals surface area (Å²) in [5.41, 5.74) is 2.84. The minimum atomic E-state index is -0.423. The number of nitrogens with zero attached hydrogens (tertiary/aromatic N) is 4. The minimum absolute atomic E-state index is 0.0724. The molecular formula is C39H48FN5O2. The van der Waals surface area contributed by atoms with Gasteiger partial charge < -0.3 is 20.1 Å². The summed E-state index contributed by atoms with van der Waals surface area (Å²) in [6, 6.07) is 11.6. The zero-order chi connectivity index (χ0) is 33.2. The van der Waals surface area contributed by atoms with Crippen molar-refractivity contribution in [2.45, 2.75) is 84.7 Å². The largest absolute Gasteiger partial charge is 0.508 e. The Bertz CT molecular complexity index is 1680. The van der Waals surface area contributed by atoms with Crippen LogP contribution >= 0.6 is 0 Å². The molecule has 1 aromatic heterocycles. The molecule has 2 aromatic carbocycles. The molecule has 0 radical (unpaired) electrons. The van der Waals surface area contributed by atoms with Gasteiger partial charge in [0.15, 0.2) is 5.82 Å². The number of unbranched alkanes of at least 4 members (excludes halogenated alkanes) is 2. The van der Waals surface area contributed by atoms with Gasteiger partial charge in [0.05, 0.1) is 6.61 Å². The first-order chi connectivity index (χ1) is 22.9. The van der Waals surface area contributed by atoms with E-state index < -0.39 is 5.82 Å². The first kappa shape index (κ1) is 34.0. The quantitative estimate of drug-likeness (QED) is 0.0849. The number of phenolic OH excluding ortho intramolecular Hbond substituents is 1. The van der Waals surface area contributed by atoms with Gasteiger partial charge in [0.2, 0.25) is 5.88 Å². The summed E-state index contributed by atoms with van der Waals surface area (Å²) in [6.07, 6.45) is 18.5. The SMILES string of the molecule is CCC/C=C(/N=C(\c1cnc(-c2cc(O)cc3ccccc23)c(F)c1C)N1CC2CCC(C1)N2)OCCC(C)=N/C=C\C=C\CCC. The Labute approximate surface area is 278 Å². The Kier molecular flexibility index (Phi) is 12.0. The smallest absolute Gasteiger partial charge is 0.211 e. The van der Waals surface area contributed by atoms with Crippen molar-refractivity contribution in [1.82, 2.24) is 15.2 Å². The van der Waals surface area contributed by atoms with Crippen LogP contribution in [0, 0.1) is 12.7 Å². The highest BCUT2D eigenvalue weighted by atomic mass is 19.1. The van der Waals surface area contributed by atoms with Crippen LogP contribution in [0.2, 0.25) is 0 Å². The first-order valence-corrected chi connectivity index (χ1v) is 17.0. The van der Waals surface area contributed by atoms with Crippen molar-refractivity contribution in [2.24, 2.45) is 9.98 Å². The van der Waals surface area contributed by atoms with Gasteiger partial charge in [-0.15, -0.1) is 0 Å². The number of phenols is 1. The van der Waals surface area contributed by atoms with Crippen molar-refractivity contribution in [3.05, 3.63) is 95.9 Å². The molecule has 5 rings (SSSR count). The molecule has 2 bridgehead atoms. The molecule has 3 aromatic rings. The maximum absolute atomic E-state index is 16.4. The number of aromatic nitrogens is 1. The molecule has 2 unspecified atom stereocenters. The molecular weight excluding hydrogens is 589 g/mol. The predicted octanol–water partition coefficient (Wildman–Crippen LogP) is 8.62. The number of piperazine rings is 1. The number of hydrogen-bond donors (Lipinski definition) is 2. The second kappa shape index (κ2) is 16.5. The molecule has 2 atom stereocenters. The van der Waals surface area contributed by atoms with Gasteiger partial charge in [-0.25, -0.2) is 4.39 Å². The Morgan fingerprint density at radius 2 is 1.87 bits per heavy atom. The topological polar surface area (TPSA) is 82.3 Å². The summed E-state index contributed by atoms with van der Waals surface area (Å²) in [5, 5.41) is 15.8. The minimum Gasteiger partial charge on any atom is -0.508 e. The number of pyridine rings is 1. The fourth-order valence-corrected chi connectivity index (χ4v) is 6.19. The normalized spacial score (nSPS) is 19.1. The maximum atomic E-state index is 16.4. The summed E-state index contributed by atoms with van der Waals surface area (Å²) in [4.78, 5) is 16.6. The third-order valence-corrected chi connectivity index (χ3v) is 8.74. The van der Waals surface area contributed by atoms with E-state index in [4.69, 9.17) is 9.73 Å². The maximum Gasteiger partial charge on any atom is 0.211 e. The lowest BCUT2D eigenvalue weighted by Crippen LogP contribution is -2.53. The van der Waals surface area contributed by atoms with E-state index in [1.807, 2.05) is 55.6 Å². The van der Waals surface area contributed by atoms with Gasteiger partial charge in [0.25, 0.3) is 0 Å². The number of likely N-dealkylation sites (tertiary alicyclic amines) is 1. The van der Waals surface area contributed by atoms with E-state index in [1.54, 1.807) is 25.3 Å². The fourth-order valence-electron chi connectivity index (χ4n) is 6.19. The second-order valence-corrected chi connectivity index (χ2v) is 12.5. The zero-order valence-corrected chi connectivity index (χ0v) is 28.2. The van der Waals surface area contributed by atoms with Gasteiger partial charge in [-0.2, -0.15) is 4.99 Å². The lowest BCUT2D eigenvalue weighted by Gasteiger charge is -2.35. The molecule has 47 heavy (non-hydrogen) atoms. The van der Waals surface area contributed by atoms with Crippen LogP contribution in [-0.4, -0.2) is 58.3 Å². The van der Waals surface area contributed by atoms with Gasteiger partial charge in [0.1, 0.15) is 17.3 Å². The van der Waals surface area contributed by atoms with E-state index in [-0.39, 0.29) is 11.4 Å². The monoisotopic (exact) mass is 637 g/mol. The summed E-state index contributed by atoms with van der Waals surface area (Å²) in [5.74, 6) is 0.854. The molecule has 3 heterocycles. The van der Waals surface area contributed by atoms with Gasteiger partial charge in [-0.3, -0.25) is 9.98 Å². The molecule has 2 aliphatic rings. The third-order valence-electron chi connectivity index (χ3n) is 8.74. The summed E-state index contributed by atoms with van der Waals surface area (Å²) in [6.45, 7) is 10.1. The van der Waals surface area contributed by atoms with Crippen LogP contribution < -0.4 is 5.32 Å². The van der Waals surface area contributed by atoms with E-state index in [9.17, 15) is 5.11 Å². The average molecular weight is 638 g/mol. The van der Waals surface area contributed by atoms with E-state index in [0.717, 1.165) is 68.1 Å². The van der Waals surface area contributed by atoms with Crippen molar-refractivity contribution < 1.29 is 14.2 Å². The number of fused-ring (bicyclic) bond motifs is 3. The lowest BCUT2D eigenvalue weighted by molar-refractivity contribution is 0.215. The van der Waals surface area contributed by atoms with Crippen molar-refractivity contribution >= 4 is 22.3 Å². The molecule has 2 saturated heterocycles. The van der Waals surface area contributed by atoms with Gasteiger partial charge in [-0.1, -0.05) is 63.1 Å². The molecule has 2 aliphatic heterocycles. The Hall–Kier alpha value is -4.30. The number of halogens is 1. The number of nitrogens with one attached hydrogen (secondary N) is 1. The summed E-state index contributed by atoms with van der Waals surface area (Å²) in [7, 11) is 0. The number of aliphatic imine (C=N–C) groups is 2. The second-order valence-electron chi connectivity index (χ2n) is 12.5. The molecule has 248 valence electrons. The Morgan fingerprint density at radius 1 is 1.11 bits per heavy atom. The number of amidine groups is 1. The van der Waals surface area contributed by atoms with E-state index in [0.29, 0.717) is 53.5 Å². The highest BCUT2D eigenvalue weighted by Gasteiger charge is 2.35. The van der Waals surface area contributed by atoms with Gasteiger partial charge in [0, 0.05) is 60.8 Å². The number of aromatic hydroxyl groups is 1. The van der Waals surface area contributed by atoms with Crippen molar-refractivity contribution in [3.63, 3.8) is 0 Å². The molecule has 8 heteroatoms. The first-order valence-electron chi connectivity index (χ1n) is 17.0. The standard InChI is InChI=1S/C39H48FN5O2/c1-5-7-9-10-13-20-41-27(3)19-21-47-36(16-8-6-2)44-39(45-25-30-17-18-31(26-45)43-30)35-24-42-38(37(40)28(35)4)34-23-32(46)22-29-14-11-12-15-33(29)34/h9-16,20,22-24,30-31,43,46H,5-8,17-19,21,25-26H2,1-4H3/b10-9+,20-13-,36-16-,41-27?,44-39+. The predicted molar refractivity (Wildman–Crippen MR) is 191 cm³/mol. The average Bonchev–Trinajstić information content (AvgIpc) is 3.41. The van der Waals surface area contributed by atoms with E-state index in [1.165, 1.54) is 0 Å². The summed E-state index contributed by atoms with van der Waals surface area (Å²) < 4.78 is 22.7. The van der Waals surface area contributed by atoms with Crippen molar-refractivity contribution in [3.8, 4) is 17.0 Å². The van der Waals surface area contributed by atoms with Crippen molar-refractivity contribution in [2.75, 3.05) is 19.7 Å². The molecule has 0 aliphatic carbocycles. The number of benzene rings is 2. The summed E-state index contributed by atoms with van der Waals surface area (Å²) >= 11 is 0. The van der Waals surface area contributed by atoms with Crippen LogP contribution in [0.5, 0.6) is 5.75 Å².